The molecular formula is C26H26N2O6. The summed E-state index contributed by atoms with van der Waals surface area (Å²) < 4.78 is 12.2. The van der Waals surface area contributed by atoms with Gasteiger partial charge in [0, 0.05) is 22.4 Å². The lowest BCUT2D eigenvalue weighted by atomic mass is 9.85. The van der Waals surface area contributed by atoms with E-state index in [1.165, 1.54) is 0 Å². The van der Waals surface area contributed by atoms with E-state index in [2.05, 4.69) is 0 Å². The van der Waals surface area contributed by atoms with E-state index < -0.39 is 11.6 Å². The number of aliphatic hydroxyl groups is 1. The molecular weight excluding hydrogens is 436 g/mol. The van der Waals surface area contributed by atoms with Gasteiger partial charge in [-0.2, -0.15) is 0 Å². The normalized spacial score (nSPS) is 18.8. The third-order valence-corrected chi connectivity index (χ3v) is 6.92. The van der Waals surface area contributed by atoms with Crippen LogP contribution in [0.5, 0.6) is 5.75 Å². The summed E-state index contributed by atoms with van der Waals surface area (Å²) in [5.74, 6) is -0.240. The quantitative estimate of drug-likeness (QED) is 0.366. The largest absolute Gasteiger partial charge is 0.497 e. The molecule has 0 spiro atoms. The van der Waals surface area contributed by atoms with Crippen molar-refractivity contribution in [2.24, 2.45) is 5.92 Å². The molecule has 0 fully saturated rings. The molecule has 0 bridgehead atoms. The molecule has 0 radical (unpaired) electrons. The summed E-state index contributed by atoms with van der Waals surface area (Å²) >= 11 is 0. The van der Waals surface area contributed by atoms with Crippen LogP contribution >= 0.6 is 0 Å². The predicted octanol–water partition coefficient (Wildman–Crippen LogP) is 3.32. The van der Waals surface area contributed by atoms with Crippen LogP contribution in [0.1, 0.15) is 60.7 Å². The summed E-state index contributed by atoms with van der Waals surface area (Å²) in [6.45, 7) is 5.42. The van der Waals surface area contributed by atoms with E-state index in [4.69, 9.17) is 14.5 Å². The molecule has 0 amide bonds. The number of pyridine rings is 2. The number of hydrogen-bond donors (Lipinski definition) is 1. The standard InChI is InChI=1S/C26H26N2O6/c1-5-26(32)10-21(29)34-12-17-18(26)9-20-23-16(11-28(20)25(17)31)22(24(30)13(2)3)15-8-14(33-4)6-7-19(15)27-23/h6-9,13,32H,5,10-12H2,1-4H3. The lowest BCUT2D eigenvalue weighted by Crippen LogP contribution is -2.32. The van der Waals surface area contributed by atoms with E-state index in [0.29, 0.717) is 44.7 Å². The Morgan fingerprint density at radius 3 is 2.71 bits per heavy atom. The Hall–Kier alpha value is -3.52. The van der Waals surface area contributed by atoms with Crippen molar-refractivity contribution < 1.29 is 24.2 Å². The summed E-state index contributed by atoms with van der Waals surface area (Å²) in [4.78, 5) is 43.9. The van der Waals surface area contributed by atoms with Gasteiger partial charge in [0.15, 0.2) is 5.78 Å². The molecule has 5 rings (SSSR count). The van der Waals surface area contributed by atoms with Crippen LogP contribution < -0.4 is 10.3 Å². The number of rotatable bonds is 4. The molecule has 4 heterocycles. The molecule has 0 saturated heterocycles. The Kier molecular flexibility index (Phi) is 5.09. The smallest absolute Gasteiger partial charge is 0.309 e. The van der Waals surface area contributed by atoms with Crippen LogP contribution in [0.4, 0.5) is 0 Å². The molecule has 176 valence electrons. The minimum absolute atomic E-state index is 0.0432. The summed E-state index contributed by atoms with van der Waals surface area (Å²) in [6, 6.07) is 7.11. The molecule has 2 aliphatic heterocycles. The van der Waals surface area contributed by atoms with Crippen LogP contribution in [0.15, 0.2) is 29.1 Å². The van der Waals surface area contributed by atoms with Gasteiger partial charge in [-0.15, -0.1) is 0 Å². The maximum Gasteiger partial charge on any atom is 0.309 e. The van der Waals surface area contributed by atoms with Gasteiger partial charge in [-0.3, -0.25) is 14.4 Å². The van der Waals surface area contributed by atoms with Gasteiger partial charge in [0.2, 0.25) is 0 Å². The number of esters is 1. The highest BCUT2D eigenvalue weighted by atomic mass is 16.5. The number of cyclic esters (lactones) is 1. The molecule has 8 heteroatoms. The fourth-order valence-electron chi connectivity index (χ4n) is 4.95. The van der Waals surface area contributed by atoms with Crippen molar-refractivity contribution in [3.05, 3.63) is 56.9 Å². The number of ketones is 1. The number of benzene rings is 1. The van der Waals surface area contributed by atoms with Crippen LogP contribution in [-0.4, -0.2) is 33.5 Å². The second kappa shape index (κ2) is 7.77. The van der Waals surface area contributed by atoms with Crippen LogP contribution in [0.3, 0.4) is 0 Å². The van der Waals surface area contributed by atoms with Gasteiger partial charge < -0.3 is 19.1 Å². The lowest BCUT2D eigenvalue weighted by molar-refractivity contribution is -0.149. The van der Waals surface area contributed by atoms with E-state index in [0.717, 1.165) is 0 Å². The molecule has 0 aliphatic carbocycles. The minimum atomic E-state index is -1.51. The SMILES string of the molecule is CCC1(O)CC(=O)OCc2c1cc1n(c2=O)Cc2c-1nc1ccc(OC)cc1c2C(=O)C(C)C. The highest BCUT2D eigenvalue weighted by molar-refractivity contribution is 6.11. The Bertz CT molecular complexity index is 1440. The van der Waals surface area contributed by atoms with Crippen LogP contribution in [0.25, 0.3) is 22.3 Å². The Morgan fingerprint density at radius 1 is 1.26 bits per heavy atom. The lowest BCUT2D eigenvalue weighted by Gasteiger charge is -2.26. The average molecular weight is 463 g/mol. The molecule has 3 aromatic rings. The van der Waals surface area contributed by atoms with Crippen molar-refractivity contribution in [1.29, 1.82) is 0 Å². The predicted molar refractivity (Wildman–Crippen MR) is 125 cm³/mol. The minimum Gasteiger partial charge on any atom is -0.497 e. The maximum atomic E-state index is 13.6. The Labute approximate surface area is 196 Å². The van der Waals surface area contributed by atoms with Gasteiger partial charge in [0.25, 0.3) is 5.56 Å². The van der Waals surface area contributed by atoms with Crippen molar-refractivity contribution in [3.63, 3.8) is 0 Å². The molecule has 34 heavy (non-hydrogen) atoms. The first-order valence-corrected chi connectivity index (χ1v) is 11.4. The monoisotopic (exact) mass is 462 g/mol. The summed E-state index contributed by atoms with van der Waals surface area (Å²) in [6.07, 6.45) is 0.0150. The van der Waals surface area contributed by atoms with Gasteiger partial charge in [-0.1, -0.05) is 20.8 Å². The molecule has 1 atom stereocenters. The second-order valence-corrected chi connectivity index (χ2v) is 9.25. The van der Waals surface area contributed by atoms with E-state index in [-0.39, 0.29) is 48.8 Å². The zero-order chi connectivity index (χ0) is 24.4. The summed E-state index contributed by atoms with van der Waals surface area (Å²) in [7, 11) is 1.57. The number of fused-ring (bicyclic) bond motifs is 5. The zero-order valence-corrected chi connectivity index (χ0v) is 19.6. The molecule has 0 saturated carbocycles. The average Bonchev–Trinajstić information content (AvgIpc) is 3.12. The number of hydrogen-bond acceptors (Lipinski definition) is 7. The number of aromatic nitrogens is 2. The highest BCUT2D eigenvalue weighted by Crippen LogP contribution is 2.41. The fraction of sp³-hybridized carbons (Fsp3) is 0.385. The van der Waals surface area contributed by atoms with Crippen molar-refractivity contribution in [2.45, 2.75) is 52.4 Å². The molecule has 1 aromatic carbocycles. The van der Waals surface area contributed by atoms with Crippen LogP contribution in [-0.2, 0) is 28.3 Å². The zero-order valence-electron chi connectivity index (χ0n) is 19.6. The van der Waals surface area contributed by atoms with Gasteiger partial charge in [-0.05, 0) is 36.2 Å². The number of nitrogens with zero attached hydrogens (tertiary/aromatic N) is 2. The summed E-state index contributed by atoms with van der Waals surface area (Å²) in [5.41, 5.74) is 1.67. The van der Waals surface area contributed by atoms with Gasteiger partial charge >= 0.3 is 5.97 Å². The number of carbonyl (C=O) groups is 2. The number of methoxy groups -OCH3 is 1. The second-order valence-electron chi connectivity index (χ2n) is 9.25. The van der Waals surface area contributed by atoms with Crippen molar-refractivity contribution in [2.75, 3.05) is 7.11 Å². The van der Waals surface area contributed by atoms with E-state index in [9.17, 15) is 19.5 Å². The molecule has 1 unspecified atom stereocenters. The molecule has 8 nitrogen and oxygen atoms in total. The number of carbonyl (C=O) groups excluding carboxylic acids is 2. The van der Waals surface area contributed by atoms with E-state index >= 15 is 0 Å². The van der Waals surface area contributed by atoms with Crippen molar-refractivity contribution in [3.8, 4) is 17.1 Å². The maximum absolute atomic E-state index is 13.6. The van der Waals surface area contributed by atoms with Crippen molar-refractivity contribution >= 4 is 22.7 Å². The number of ether oxygens (including phenoxy) is 2. The molecule has 2 aromatic heterocycles. The first kappa shape index (κ1) is 22.3. The highest BCUT2D eigenvalue weighted by Gasteiger charge is 2.40. The van der Waals surface area contributed by atoms with Gasteiger partial charge in [0.05, 0.1) is 42.5 Å². The fourth-order valence-corrected chi connectivity index (χ4v) is 4.95. The first-order chi connectivity index (χ1) is 16.2. The van der Waals surface area contributed by atoms with Gasteiger partial charge in [-0.25, -0.2) is 4.98 Å². The Morgan fingerprint density at radius 2 is 2.03 bits per heavy atom. The molecule has 2 aliphatic rings. The summed E-state index contributed by atoms with van der Waals surface area (Å²) in [5, 5.41) is 12.0. The third-order valence-electron chi connectivity index (χ3n) is 6.92. The topological polar surface area (TPSA) is 108 Å². The Balaban J connectivity index is 1.83. The first-order valence-electron chi connectivity index (χ1n) is 11.4. The number of Topliss-reactive ketones (excluding diaryl/α,β-unsaturated/α-hetero) is 1. The van der Waals surface area contributed by atoms with Crippen LogP contribution in [0, 0.1) is 5.92 Å². The third kappa shape index (κ3) is 3.16. The van der Waals surface area contributed by atoms with E-state index in [1.807, 2.05) is 13.8 Å². The van der Waals surface area contributed by atoms with E-state index in [1.54, 1.807) is 42.9 Å². The van der Waals surface area contributed by atoms with Crippen molar-refractivity contribution in [1.82, 2.24) is 9.55 Å². The van der Waals surface area contributed by atoms with Crippen LogP contribution in [0.2, 0.25) is 0 Å². The molecule has 1 N–H and O–H groups in total. The van der Waals surface area contributed by atoms with Gasteiger partial charge in [0.1, 0.15) is 18.0 Å².